The molecule has 0 fully saturated rings. The minimum absolute atomic E-state index is 0.208. The van der Waals surface area contributed by atoms with E-state index in [1.807, 2.05) is 20.8 Å². The Bertz CT molecular complexity index is 391. The van der Waals surface area contributed by atoms with Crippen molar-refractivity contribution < 1.29 is 13.9 Å². The maximum absolute atomic E-state index is 13.2. The first-order chi connectivity index (χ1) is 7.79. The Kier molecular flexibility index (Phi) is 4.77. The topological polar surface area (TPSA) is 44.5 Å². The summed E-state index contributed by atoms with van der Waals surface area (Å²) in [6, 6.07) is 2.74. The lowest BCUT2D eigenvalue weighted by molar-refractivity contribution is -0.0162. The normalized spacial score (nSPS) is 11.6. The van der Waals surface area contributed by atoms with Gasteiger partial charge in [0, 0.05) is 6.07 Å². The fraction of sp³-hybridized carbons (Fsp3) is 0.500. The van der Waals surface area contributed by atoms with E-state index in [9.17, 15) is 4.39 Å². The van der Waals surface area contributed by atoms with Crippen molar-refractivity contribution in [3.63, 3.8) is 0 Å². The van der Waals surface area contributed by atoms with Crippen LogP contribution in [0.2, 0.25) is 0 Å². The monoisotopic (exact) mass is 305 g/mol. The third-order valence-electron chi connectivity index (χ3n) is 1.93. The number of nitrogens with two attached hydrogens (primary N) is 1. The number of anilines is 1. The molecule has 17 heavy (non-hydrogen) atoms. The zero-order chi connectivity index (χ0) is 13.1. The van der Waals surface area contributed by atoms with Crippen molar-refractivity contribution in [1.82, 2.24) is 0 Å². The van der Waals surface area contributed by atoms with E-state index in [1.54, 1.807) is 0 Å². The predicted molar refractivity (Wildman–Crippen MR) is 69.7 cm³/mol. The van der Waals surface area contributed by atoms with Crippen molar-refractivity contribution in [3.8, 4) is 5.75 Å². The molecule has 0 saturated heterocycles. The lowest BCUT2D eigenvalue weighted by Gasteiger charge is -2.19. The van der Waals surface area contributed by atoms with Gasteiger partial charge in [-0.05, 0) is 42.8 Å². The molecule has 0 amide bonds. The molecule has 96 valence electrons. The molecular formula is C12H17BrFNO2. The van der Waals surface area contributed by atoms with Crippen molar-refractivity contribution >= 4 is 21.6 Å². The Morgan fingerprint density at radius 3 is 2.53 bits per heavy atom. The molecule has 0 spiro atoms. The van der Waals surface area contributed by atoms with Crippen molar-refractivity contribution in [2.24, 2.45) is 0 Å². The van der Waals surface area contributed by atoms with E-state index in [0.29, 0.717) is 29.1 Å². The van der Waals surface area contributed by atoms with Gasteiger partial charge in [0.2, 0.25) is 0 Å². The van der Waals surface area contributed by atoms with Crippen molar-refractivity contribution in [2.45, 2.75) is 26.4 Å². The Balaban J connectivity index is 2.50. The average molecular weight is 306 g/mol. The number of hydrogen-bond acceptors (Lipinski definition) is 3. The first-order valence-corrected chi connectivity index (χ1v) is 6.10. The third-order valence-corrected chi connectivity index (χ3v) is 2.54. The SMILES string of the molecule is CC(C)(C)OCCOc1cc(F)c(Br)cc1N. The number of nitrogen functional groups attached to an aromatic ring is 1. The smallest absolute Gasteiger partial charge is 0.145 e. The van der Waals surface area contributed by atoms with E-state index >= 15 is 0 Å². The van der Waals surface area contributed by atoms with Crippen molar-refractivity contribution in [3.05, 3.63) is 22.4 Å². The number of benzene rings is 1. The molecule has 0 bridgehead atoms. The quantitative estimate of drug-likeness (QED) is 0.685. The summed E-state index contributed by atoms with van der Waals surface area (Å²) in [5, 5.41) is 0. The molecule has 0 aliphatic heterocycles. The van der Waals surface area contributed by atoms with Gasteiger partial charge in [0.05, 0.1) is 22.4 Å². The summed E-state index contributed by atoms with van der Waals surface area (Å²) in [5.74, 6) is -0.0610. The molecule has 1 aromatic rings. The first-order valence-electron chi connectivity index (χ1n) is 5.31. The van der Waals surface area contributed by atoms with E-state index in [1.165, 1.54) is 12.1 Å². The van der Waals surface area contributed by atoms with Crippen LogP contribution in [0.15, 0.2) is 16.6 Å². The second-order valence-corrected chi connectivity index (χ2v) is 5.47. The summed E-state index contributed by atoms with van der Waals surface area (Å²) in [5.41, 5.74) is 5.88. The fourth-order valence-corrected chi connectivity index (χ4v) is 1.53. The van der Waals surface area contributed by atoms with Gasteiger partial charge in [0.1, 0.15) is 18.2 Å². The van der Waals surface area contributed by atoms with Gasteiger partial charge in [0.25, 0.3) is 0 Å². The number of hydrogen-bond donors (Lipinski definition) is 1. The number of rotatable bonds is 4. The van der Waals surface area contributed by atoms with E-state index in [0.717, 1.165) is 0 Å². The lowest BCUT2D eigenvalue weighted by Crippen LogP contribution is -2.22. The second-order valence-electron chi connectivity index (χ2n) is 4.61. The van der Waals surface area contributed by atoms with Crippen LogP contribution in [-0.4, -0.2) is 18.8 Å². The number of halogens is 2. The third kappa shape index (κ3) is 4.91. The van der Waals surface area contributed by atoms with Crippen LogP contribution in [0.1, 0.15) is 20.8 Å². The van der Waals surface area contributed by atoms with E-state index in [-0.39, 0.29) is 5.60 Å². The zero-order valence-electron chi connectivity index (χ0n) is 10.2. The predicted octanol–water partition coefficient (Wildman–Crippen LogP) is 3.36. The van der Waals surface area contributed by atoms with Crippen LogP contribution in [0.25, 0.3) is 0 Å². The van der Waals surface area contributed by atoms with Crippen LogP contribution in [0.3, 0.4) is 0 Å². The maximum atomic E-state index is 13.2. The molecule has 0 heterocycles. The van der Waals surface area contributed by atoms with Crippen LogP contribution < -0.4 is 10.5 Å². The maximum Gasteiger partial charge on any atom is 0.145 e. The minimum atomic E-state index is -0.397. The molecule has 5 heteroatoms. The van der Waals surface area contributed by atoms with Crippen LogP contribution in [0.5, 0.6) is 5.75 Å². The van der Waals surface area contributed by atoms with Gasteiger partial charge in [-0.2, -0.15) is 0 Å². The van der Waals surface area contributed by atoms with Gasteiger partial charge >= 0.3 is 0 Å². The molecule has 3 nitrogen and oxygen atoms in total. The van der Waals surface area contributed by atoms with Crippen LogP contribution in [-0.2, 0) is 4.74 Å². The largest absolute Gasteiger partial charge is 0.489 e. The van der Waals surface area contributed by atoms with E-state index in [4.69, 9.17) is 15.2 Å². The molecule has 2 N–H and O–H groups in total. The number of ether oxygens (including phenoxy) is 2. The molecule has 0 unspecified atom stereocenters. The summed E-state index contributed by atoms with van der Waals surface area (Å²) in [6.45, 7) is 6.64. The average Bonchev–Trinajstić information content (AvgIpc) is 2.18. The Hall–Kier alpha value is -0.810. The molecule has 1 rings (SSSR count). The van der Waals surface area contributed by atoms with Crippen LogP contribution >= 0.6 is 15.9 Å². The summed E-state index contributed by atoms with van der Waals surface area (Å²) < 4.78 is 24.4. The Morgan fingerprint density at radius 1 is 1.29 bits per heavy atom. The van der Waals surface area contributed by atoms with Gasteiger partial charge in [-0.1, -0.05) is 0 Å². The summed E-state index contributed by atoms with van der Waals surface area (Å²) in [7, 11) is 0. The van der Waals surface area contributed by atoms with Gasteiger partial charge < -0.3 is 15.2 Å². The summed E-state index contributed by atoms with van der Waals surface area (Å²) >= 11 is 3.05. The van der Waals surface area contributed by atoms with Crippen molar-refractivity contribution in [2.75, 3.05) is 18.9 Å². The molecule has 0 saturated carbocycles. The highest BCUT2D eigenvalue weighted by atomic mass is 79.9. The highest BCUT2D eigenvalue weighted by Crippen LogP contribution is 2.28. The van der Waals surface area contributed by atoms with Gasteiger partial charge in [-0.15, -0.1) is 0 Å². The minimum Gasteiger partial charge on any atom is -0.489 e. The van der Waals surface area contributed by atoms with Gasteiger partial charge in [-0.25, -0.2) is 4.39 Å². The van der Waals surface area contributed by atoms with E-state index in [2.05, 4.69) is 15.9 Å². The summed E-state index contributed by atoms with van der Waals surface area (Å²) in [6.07, 6.45) is 0. The van der Waals surface area contributed by atoms with Crippen molar-refractivity contribution in [1.29, 1.82) is 0 Å². The van der Waals surface area contributed by atoms with Gasteiger partial charge in [-0.3, -0.25) is 0 Å². The molecule has 0 radical (unpaired) electrons. The Labute approximate surface area is 109 Å². The zero-order valence-corrected chi connectivity index (χ0v) is 11.8. The molecular weight excluding hydrogens is 289 g/mol. The highest BCUT2D eigenvalue weighted by molar-refractivity contribution is 9.10. The van der Waals surface area contributed by atoms with E-state index < -0.39 is 5.82 Å². The highest BCUT2D eigenvalue weighted by Gasteiger charge is 2.10. The van der Waals surface area contributed by atoms with Crippen LogP contribution in [0.4, 0.5) is 10.1 Å². The van der Waals surface area contributed by atoms with Crippen LogP contribution in [0, 0.1) is 5.82 Å². The molecule has 1 aromatic carbocycles. The fourth-order valence-electron chi connectivity index (χ4n) is 1.17. The second kappa shape index (κ2) is 5.69. The van der Waals surface area contributed by atoms with Gasteiger partial charge in [0.15, 0.2) is 0 Å². The lowest BCUT2D eigenvalue weighted by atomic mass is 10.2. The standard InChI is InChI=1S/C12H17BrFNO2/c1-12(2,3)17-5-4-16-11-7-9(14)8(13)6-10(11)15/h6-7H,4-5,15H2,1-3H3. The molecule has 0 aliphatic carbocycles. The summed E-state index contributed by atoms with van der Waals surface area (Å²) in [4.78, 5) is 0. The first kappa shape index (κ1) is 14.3. The molecule has 0 atom stereocenters. The molecule has 0 aromatic heterocycles. The Morgan fingerprint density at radius 2 is 1.94 bits per heavy atom. The molecule has 0 aliphatic rings.